The third kappa shape index (κ3) is 3.62. The zero-order valence-corrected chi connectivity index (χ0v) is 16.2. The zero-order valence-electron chi connectivity index (χ0n) is 16.2. The Kier molecular flexibility index (Phi) is 5.07. The second-order valence-corrected chi connectivity index (χ2v) is 8.50. The maximum absolute atomic E-state index is 13.9. The minimum absolute atomic E-state index is 0.0284. The Morgan fingerprint density at radius 2 is 1.96 bits per heavy atom. The van der Waals surface area contributed by atoms with Gasteiger partial charge >= 0.3 is 0 Å². The van der Waals surface area contributed by atoms with Gasteiger partial charge in [-0.3, -0.25) is 9.59 Å². The Hall–Kier alpha value is -2.09. The van der Waals surface area contributed by atoms with Crippen LogP contribution in [0.2, 0.25) is 0 Å². The lowest BCUT2D eigenvalue weighted by atomic mass is 9.72. The molecule has 0 saturated carbocycles. The SMILES string of the molecule is CN1CC[C@@H](N2CC3(CCC2=O)CCN(C(=O)c2ncc(F)cc2F)CC3)C1. The van der Waals surface area contributed by atoms with Crippen LogP contribution in [0.5, 0.6) is 0 Å². The highest BCUT2D eigenvalue weighted by atomic mass is 19.1. The number of aromatic nitrogens is 1. The average molecular weight is 392 g/mol. The van der Waals surface area contributed by atoms with Crippen LogP contribution in [-0.4, -0.2) is 77.3 Å². The lowest BCUT2D eigenvalue weighted by Gasteiger charge is -2.48. The van der Waals surface area contributed by atoms with Crippen molar-refractivity contribution < 1.29 is 18.4 Å². The number of halogens is 2. The van der Waals surface area contributed by atoms with Gasteiger partial charge in [-0.15, -0.1) is 0 Å². The van der Waals surface area contributed by atoms with Gasteiger partial charge in [0.25, 0.3) is 5.91 Å². The molecule has 28 heavy (non-hydrogen) atoms. The largest absolute Gasteiger partial charge is 0.338 e. The smallest absolute Gasteiger partial charge is 0.275 e. The normalized spacial score (nSPS) is 25.5. The van der Waals surface area contributed by atoms with Crippen molar-refractivity contribution in [1.29, 1.82) is 0 Å². The molecule has 3 saturated heterocycles. The molecule has 3 fully saturated rings. The Morgan fingerprint density at radius 1 is 1.21 bits per heavy atom. The van der Waals surface area contributed by atoms with Gasteiger partial charge in [0.2, 0.25) is 5.91 Å². The molecule has 152 valence electrons. The molecule has 0 bridgehead atoms. The van der Waals surface area contributed by atoms with Gasteiger partial charge in [0, 0.05) is 44.7 Å². The third-order valence-electron chi connectivity index (χ3n) is 6.62. The number of likely N-dealkylation sites (N-methyl/N-ethyl adjacent to an activating group) is 1. The van der Waals surface area contributed by atoms with Gasteiger partial charge < -0.3 is 14.7 Å². The molecule has 3 aliphatic heterocycles. The quantitative estimate of drug-likeness (QED) is 0.772. The number of likely N-dealkylation sites (tertiary alicyclic amines) is 3. The molecule has 6 nitrogen and oxygen atoms in total. The second kappa shape index (κ2) is 7.39. The number of piperidine rings is 2. The summed E-state index contributed by atoms with van der Waals surface area (Å²) < 4.78 is 27.0. The van der Waals surface area contributed by atoms with Gasteiger partial charge in [0.15, 0.2) is 11.5 Å². The Balaban J connectivity index is 1.41. The van der Waals surface area contributed by atoms with Gasteiger partial charge in [-0.05, 0) is 44.7 Å². The second-order valence-electron chi connectivity index (χ2n) is 8.50. The van der Waals surface area contributed by atoms with E-state index in [1.807, 2.05) is 0 Å². The van der Waals surface area contributed by atoms with Crippen molar-refractivity contribution in [3.05, 3.63) is 29.6 Å². The van der Waals surface area contributed by atoms with Crippen LogP contribution in [0, 0.1) is 17.0 Å². The zero-order chi connectivity index (χ0) is 19.9. The lowest BCUT2D eigenvalue weighted by Crippen LogP contribution is -2.55. The fourth-order valence-electron chi connectivity index (χ4n) is 4.86. The first-order valence-electron chi connectivity index (χ1n) is 9.95. The van der Waals surface area contributed by atoms with Crippen molar-refractivity contribution in [1.82, 2.24) is 19.7 Å². The topological polar surface area (TPSA) is 56.8 Å². The number of carbonyl (C=O) groups excluding carboxylic acids is 2. The predicted molar refractivity (Wildman–Crippen MR) is 98.6 cm³/mol. The number of hydrogen-bond donors (Lipinski definition) is 0. The molecule has 0 aliphatic carbocycles. The van der Waals surface area contributed by atoms with Crippen LogP contribution in [-0.2, 0) is 4.79 Å². The summed E-state index contributed by atoms with van der Waals surface area (Å²) in [5.74, 6) is -1.98. The van der Waals surface area contributed by atoms with Gasteiger partial charge in [-0.25, -0.2) is 13.8 Å². The summed E-state index contributed by atoms with van der Waals surface area (Å²) in [4.78, 5) is 34.6. The summed E-state index contributed by atoms with van der Waals surface area (Å²) in [7, 11) is 2.08. The van der Waals surface area contributed by atoms with E-state index in [4.69, 9.17) is 0 Å². The van der Waals surface area contributed by atoms with Crippen LogP contribution in [0.25, 0.3) is 0 Å². The summed E-state index contributed by atoms with van der Waals surface area (Å²) in [6.45, 7) is 3.69. The number of pyridine rings is 1. The van der Waals surface area contributed by atoms with Crippen LogP contribution in [0.15, 0.2) is 12.3 Å². The van der Waals surface area contributed by atoms with Crippen molar-refractivity contribution in [2.45, 2.75) is 38.1 Å². The number of hydrogen-bond acceptors (Lipinski definition) is 4. The van der Waals surface area contributed by atoms with E-state index in [-0.39, 0.29) is 23.1 Å². The summed E-state index contributed by atoms with van der Waals surface area (Å²) >= 11 is 0. The van der Waals surface area contributed by atoms with E-state index >= 15 is 0 Å². The molecular weight excluding hydrogens is 366 g/mol. The summed E-state index contributed by atoms with van der Waals surface area (Å²) in [5.41, 5.74) is -0.299. The molecule has 2 amide bonds. The van der Waals surface area contributed by atoms with Crippen molar-refractivity contribution >= 4 is 11.8 Å². The fraction of sp³-hybridized carbons (Fsp3) is 0.650. The molecule has 3 aliphatic rings. The van der Waals surface area contributed by atoms with Crippen LogP contribution >= 0.6 is 0 Å². The van der Waals surface area contributed by atoms with E-state index < -0.39 is 17.5 Å². The maximum atomic E-state index is 13.9. The highest BCUT2D eigenvalue weighted by Crippen LogP contribution is 2.41. The highest BCUT2D eigenvalue weighted by molar-refractivity contribution is 5.92. The van der Waals surface area contributed by atoms with Crippen molar-refractivity contribution in [3.63, 3.8) is 0 Å². The molecule has 4 heterocycles. The number of nitrogens with zero attached hydrogens (tertiary/aromatic N) is 4. The first kappa shape index (κ1) is 19.2. The molecular formula is C20H26F2N4O2. The monoisotopic (exact) mass is 392 g/mol. The lowest BCUT2D eigenvalue weighted by molar-refractivity contribution is -0.141. The molecule has 1 atom stereocenters. The minimum Gasteiger partial charge on any atom is -0.338 e. The first-order valence-corrected chi connectivity index (χ1v) is 9.95. The van der Waals surface area contributed by atoms with E-state index in [0.717, 1.165) is 51.5 Å². The molecule has 0 radical (unpaired) electrons. The molecule has 4 rings (SSSR count). The highest BCUT2D eigenvalue weighted by Gasteiger charge is 2.44. The number of rotatable bonds is 2. The summed E-state index contributed by atoms with van der Waals surface area (Å²) in [6, 6.07) is 0.974. The number of carbonyl (C=O) groups is 2. The molecule has 1 spiro atoms. The standard InChI is InChI=1S/C20H26F2N4O2/c1-24-7-3-15(12-24)26-13-20(4-2-17(26)27)5-8-25(9-6-20)19(28)18-16(22)10-14(21)11-23-18/h10-11,15H,2-9,12-13H2,1H3/t15-/m1/s1. The van der Waals surface area contributed by atoms with E-state index in [9.17, 15) is 18.4 Å². The van der Waals surface area contributed by atoms with Gasteiger partial charge in [0.1, 0.15) is 5.82 Å². The van der Waals surface area contributed by atoms with Crippen molar-refractivity contribution in [2.24, 2.45) is 5.41 Å². The van der Waals surface area contributed by atoms with Crippen molar-refractivity contribution in [3.8, 4) is 0 Å². The van der Waals surface area contributed by atoms with E-state index in [1.165, 1.54) is 0 Å². The van der Waals surface area contributed by atoms with Crippen LogP contribution in [0.3, 0.4) is 0 Å². The van der Waals surface area contributed by atoms with Crippen LogP contribution in [0.1, 0.15) is 42.6 Å². The van der Waals surface area contributed by atoms with Crippen LogP contribution < -0.4 is 0 Å². The van der Waals surface area contributed by atoms with Crippen LogP contribution in [0.4, 0.5) is 8.78 Å². The molecule has 8 heteroatoms. The molecule has 1 aromatic heterocycles. The Labute approximate surface area is 163 Å². The van der Waals surface area contributed by atoms with Gasteiger partial charge in [-0.2, -0.15) is 0 Å². The molecule has 0 unspecified atom stereocenters. The Morgan fingerprint density at radius 3 is 2.61 bits per heavy atom. The average Bonchev–Trinajstić information content (AvgIpc) is 3.10. The molecule has 1 aromatic rings. The molecule has 0 N–H and O–H groups in total. The van der Waals surface area contributed by atoms with Crippen molar-refractivity contribution in [2.75, 3.05) is 39.8 Å². The molecule has 0 aromatic carbocycles. The van der Waals surface area contributed by atoms with E-state index in [1.54, 1.807) is 4.90 Å². The number of amides is 2. The predicted octanol–water partition coefficient (Wildman–Crippen LogP) is 1.91. The van der Waals surface area contributed by atoms with E-state index in [0.29, 0.717) is 25.6 Å². The third-order valence-corrected chi connectivity index (χ3v) is 6.62. The maximum Gasteiger partial charge on any atom is 0.275 e. The van der Waals surface area contributed by atoms with Gasteiger partial charge in [0.05, 0.1) is 6.20 Å². The summed E-state index contributed by atoms with van der Waals surface area (Å²) in [6.07, 6.45) is 4.85. The Bertz CT molecular complexity index is 779. The van der Waals surface area contributed by atoms with Gasteiger partial charge in [-0.1, -0.05) is 0 Å². The summed E-state index contributed by atoms with van der Waals surface area (Å²) in [5, 5.41) is 0. The fourth-order valence-corrected chi connectivity index (χ4v) is 4.86. The first-order chi connectivity index (χ1) is 13.4. The van der Waals surface area contributed by atoms with E-state index in [2.05, 4.69) is 21.8 Å². The minimum atomic E-state index is -0.926.